The highest BCUT2D eigenvalue weighted by Crippen LogP contribution is 2.33. The predicted molar refractivity (Wildman–Crippen MR) is 105 cm³/mol. The van der Waals surface area contributed by atoms with E-state index >= 15 is 0 Å². The molecule has 0 amide bonds. The van der Waals surface area contributed by atoms with E-state index in [1.54, 1.807) is 0 Å². The molecular weight excluding hydrogens is 353 g/mol. The molecule has 4 heteroatoms. The quantitative estimate of drug-likeness (QED) is 0.425. The zero-order chi connectivity index (χ0) is 17.2. The standard InChI is InChI=1S/C21H15Cl2NO/c22-18-5-3-6-19(23)17(18)13-25-21-7-2-1-4-16(21)14-8-9-20-15(12-14)10-11-24-20/h1-12,24H,13H2. The molecule has 1 aromatic heterocycles. The highest BCUT2D eigenvalue weighted by Gasteiger charge is 2.10. The zero-order valence-corrected chi connectivity index (χ0v) is 14.8. The number of hydrogen-bond acceptors (Lipinski definition) is 1. The van der Waals surface area contributed by atoms with Gasteiger partial charge in [-0.05, 0) is 47.3 Å². The second kappa shape index (κ2) is 6.83. The van der Waals surface area contributed by atoms with Crippen LogP contribution in [0.3, 0.4) is 0 Å². The Morgan fingerprint density at radius 1 is 0.840 bits per heavy atom. The first-order valence-electron chi connectivity index (χ1n) is 7.94. The Morgan fingerprint density at radius 2 is 1.64 bits per heavy atom. The van der Waals surface area contributed by atoms with Gasteiger partial charge in [-0.3, -0.25) is 0 Å². The van der Waals surface area contributed by atoms with Gasteiger partial charge in [0.15, 0.2) is 0 Å². The fourth-order valence-corrected chi connectivity index (χ4v) is 3.38. The maximum Gasteiger partial charge on any atom is 0.127 e. The molecule has 4 aromatic rings. The van der Waals surface area contributed by atoms with Gasteiger partial charge in [-0.1, -0.05) is 53.5 Å². The van der Waals surface area contributed by atoms with Crippen molar-refractivity contribution in [3.05, 3.63) is 88.5 Å². The van der Waals surface area contributed by atoms with Crippen molar-refractivity contribution in [1.29, 1.82) is 0 Å². The van der Waals surface area contributed by atoms with Crippen molar-refractivity contribution in [2.24, 2.45) is 0 Å². The number of benzene rings is 3. The van der Waals surface area contributed by atoms with Crippen molar-refractivity contribution in [2.75, 3.05) is 0 Å². The molecule has 0 aliphatic rings. The summed E-state index contributed by atoms with van der Waals surface area (Å²) in [5, 5.41) is 2.39. The lowest BCUT2D eigenvalue weighted by Gasteiger charge is -2.13. The Kier molecular flexibility index (Phi) is 4.39. The Hall–Kier alpha value is -2.42. The summed E-state index contributed by atoms with van der Waals surface area (Å²) in [5.41, 5.74) is 4.05. The van der Waals surface area contributed by atoms with E-state index in [9.17, 15) is 0 Å². The van der Waals surface area contributed by atoms with Crippen LogP contribution in [0.25, 0.3) is 22.0 Å². The van der Waals surface area contributed by atoms with Crippen LogP contribution in [0.1, 0.15) is 5.56 Å². The van der Waals surface area contributed by atoms with Gasteiger partial charge in [-0.25, -0.2) is 0 Å². The van der Waals surface area contributed by atoms with Gasteiger partial charge >= 0.3 is 0 Å². The van der Waals surface area contributed by atoms with Crippen LogP contribution >= 0.6 is 23.2 Å². The molecule has 2 nitrogen and oxygen atoms in total. The third-order valence-corrected chi connectivity index (χ3v) is 4.89. The van der Waals surface area contributed by atoms with Crippen molar-refractivity contribution in [2.45, 2.75) is 6.61 Å². The monoisotopic (exact) mass is 367 g/mol. The number of halogens is 2. The molecule has 0 unspecified atom stereocenters. The van der Waals surface area contributed by atoms with Crippen LogP contribution in [0.15, 0.2) is 72.9 Å². The average Bonchev–Trinajstić information content (AvgIpc) is 3.09. The number of ether oxygens (including phenoxy) is 1. The third-order valence-electron chi connectivity index (χ3n) is 4.19. The van der Waals surface area contributed by atoms with E-state index in [4.69, 9.17) is 27.9 Å². The van der Waals surface area contributed by atoms with Crippen LogP contribution in [0.2, 0.25) is 10.0 Å². The van der Waals surface area contributed by atoms with Gasteiger partial charge in [-0.15, -0.1) is 0 Å². The summed E-state index contributed by atoms with van der Waals surface area (Å²) in [6.07, 6.45) is 1.94. The summed E-state index contributed by atoms with van der Waals surface area (Å²) < 4.78 is 6.06. The zero-order valence-electron chi connectivity index (χ0n) is 13.3. The second-order valence-corrected chi connectivity index (χ2v) is 6.58. The second-order valence-electron chi connectivity index (χ2n) is 5.76. The topological polar surface area (TPSA) is 25.0 Å². The predicted octanol–water partition coefficient (Wildman–Crippen LogP) is 6.72. The van der Waals surface area contributed by atoms with Crippen molar-refractivity contribution >= 4 is 34.1 Å². The minimum atomic E-state index is 0.321. The molecule has 0 radical (unpaired) electrons. The van der Waals surface area contributed by atoms with Crippen LogP contribution in [0, 0.1) is 0 Å². The highest BCUT2D eigenvalue weighted by molar-refractivity contribution is 6.35. The van der Waals surface area contributed by atoms with Crippen LogP contribution in [-0.2, 0) is 6.61 Å². The molecular formula is C21H15Cl2NO. The lowest BCUT2D eigenvalue weighted by Crippen LogP contribution is -1.98. The van der Waals surface area contributed by atoms with E-state index in [2.05, 4.69) is 35.3 Å². The maximum atomic E-state index is 6.24. The summed E-state index contributed by atoms with van der Waals surface area (Å²) in [5.74, 6) is 0.799. The number of para-hydroxylation sites is 1. The van der Waals surface area contributed by atoms with Crippen LogP contribution in [-0.4, -0.2) is 4.98 Å². The van der Waals surface area contributed by atoms with Gasteiger partial charge in [0.25, 0.3) is 0 Å². The normalized spacial score (nSPS) is 11.0. The largest absolute Gasteiger partial charge is 0.488 e. The van der Waals surface area contributed by atoms with E-state index in [0.29, 0.717) is 16.7 Å². The number of rotatable bonds is 4. The number of hydrogen-bond donors (Lipinski definition) is 1. The maximum absolute atomic E-state index is 6.24. The SMILES string of the molecule is Clc1cccc(Cl)c1COc1ccccc1-c1ccc2[nH]ccc2c1. The van der Waals surface area contributed by atoms with Crippen LogP contribution in [0.5, 0.6) is 5.75 Å². The molecule has 1 heterocycles. The van der Waals surface area contributed by atoms with Crippen molar-refractivity contribution in [3.63, 3.8) is 0 Å². The number of H-pyrrole nitrogens is 1. The molecule has 1 N–H and O–H groups in total. The smallest absolute Gasteiger partial charge is 0.127 e. The Bertz CT molecular complexity index is 1020. The lowest BCUT2D eigenvalue weighted by molar-refractivity contribution is 0.307. The van der Waals surface area contributed by atoms with E-state index in [-0.39, 0.29) is 0 Å². The number of nitrogens with one attached hydrogen (secondary N) is 1. The summed E-state index contributed by atoms with van der Waals surface area (Å²) >= 11 is 12.5. The van der Waals surface area contributed by atoms with Crippen LogP contribution < -0.4 is 4.74 Å². The fraction of sp³-hybridized carbons (Fsp3) is 0.0476. The van der Waals surface area contributed by atoms with Gasteiger partial charge in [0, 0.05) is 32.9 Å². The van der Waals surface area contributed by atoms with Gasteiger partial charge < -0.3 is 9.72 Å². The van der Waals surface area contributed by atoms with Gasteiger partial charge in [-0.2, -0.15) is 0 Å². The van der Waals surface area contributed by atoms with Gasteiger partial charge in [0.1, 0.15) is 12.4 Å². The molecule has 0 atom stereocenters. The van der Waals surface area contributed by atoms with Gasteiger partial charge in [0.05, 0.1) is 0 Å². The highest BCUT2D eigenvalue weighted by atomic mass is 35.5. The van der Waals surface area contributed by atoms with Crippen molar-refractivity contribution in [1.82, 2.24) is 4.98 Å². The molecule has 0 saturated carbocycles. The molecule has 3 aromatic carbocycles. The molecule has 0 aliphatic carbocycles. The summed E-state index contributed by atoms with van der Waals surface area (Å²) in [7, 11) is 0. The number of fused-ring (bicyclic) bond motifs is 1. The molecule has 0 saturated heterocycles. The molecule has 0 aliphatic heterocycles. The molecule has 124 valence electrons. The van der Waals surface area contributed by atoms with Crippen molar-refractivity contribution < 1.29 is 4.74 Å². The summed E-state index contributed by atoms with van der Waals surface area (Å²) in [4.78, 5) is 3.21. The van der Waals surface area contributed by atoms with E-state index < -0.39 is 0 Å². The minimum Gasteiger partial charge on any atom is -0.488 e. The minimum absolute atomic E-state index is 0.321. The van der Waals surface area contributed by atoms with E-state index in [1.807, 2.05) is 42.6 Å². The Labute approximate surface area is 156 Å². The molecule has 0 fully saturated rings. The van der Waals surface area contributed by atoms with Gasteiger partial charge in [0.2, 0.25) is 0 Å². The van der Waals surface area contributed by atoms with Crippen LogP contribution in [0.4, 0.5) is 0 Å². The number of aromatic amines is 1. The Morgan fingerprint density at radius 3 is 2.48 bits per heavy atom. The molecule has 4 rings (SSSR count). The Balaban J connectivity index is 1.67. The van der Waals surface area contributed by atoms with Crippen molar-refractivity contribution in [3.8, 4) is 16.9 Å². The fourth-order valence-electron chi connectivity index (χ4n) is 2.87. The first-order chi connectivity index (χ1) is 12.2. The van der Waals surface area contributed by atoms with E-state index in [0.717, 1.165) is 28.0 Å². The molecule has 0 spiro atoms. The molecule has 25 heavy (non-hydrogen) atoms. The third kappa shape index (κ3) is 3.23. The first kappa shape index (κ1) is 16.1. The average molecular weight is 368 g/mol. The number of aromatic nitrogens is 1. The molecule has 0 bridgehead atoms. The van der Waals surface area contributed by atoms with E-state index in [1.165, 1.54) is 5.39 Å². The first-order valence-corrected chi connectivity index (χ1v) is 8.70. The lowest BCUT2D eigenvalue weighted by atomic mass is 10.0. The summed E-state index contributed by atoms with van der Waals surface area (Å²) in [6.45, 7) is 0.321. The summed E-state index contributed by atoms with van der Waals surface area (Å²) in [6, 6.07) is 21.8.